The molecule has 0 aromatic rings. The van der Waals surface area contributed by atoms with Gasteiger partial charge >= 0.3 is 0 Å². The molecule has 0 radical (unpaired) electrons. The molecule has 0 rings (SSSR count). The number of aliphatic hydroxyl groups excluding tert-OH is 1. The Labute approximate surface area is 93.1 Å². The average molecular weight is 237 g/mol. The van der Waals surface area contributed by atoms with Gasteiger partial charge in [0.1, 0.15) is 0 Å². The van der Waals surface area contributed by atoms with E-state index < -0.39 is 15.3 Å². The van der Waals surface area contributed by atoms with Crippen molar-refractivity contribution in [3.8, 4) is 0 Å². The first kappa shape index (κ1) is 14.9. The molecule has 0 fully saturated rings. The van der Waals surface area contributed by atoms with Crippen LogP contribution in [-0.2, 0) is 10.0 Å². The number of aliphatic hydroxyl groups is 1. The molecule has 0 saturated carbocycles. The fourth-order valence-corrected chi connectivity index (χ4v) is 2.04. The Morgan fingerprint density at radius 3 is 2.27 bits per heavy atom. The van der Waals surface area contributed by atoms with E-state index in [2.05, 4.69) is 18.6 Å². The Morgan fingerprint density at radius 2 is 1.80 bits per heavy atom. The normalized spacial score (nSPS) is 14.5. The summed E-state index contributed by atoms with van der Waals surface area (Å²) < 4.78 is 25.3. The van der Waals surface area contributed by atoms with E-state index in [0.29, 0.717) is 12.5 Å². The second-order valence-corrected chi connectivity index (χ2v) is 6.51. The van der Waals surface area contributed by atoms with Gasteiger partial charge in [0.05, 0.1) is 11.9 Å². The third-order valence-corrected chi connectivity index (χ3v) is 4.11. The molecular weight excluding hydrogens is 214 g/mol. The molecular formula is C10H23NO3S. The first-order valence-corrected chi connectivity index (χ1v) is 7.04. The minimum Gasteiger partial charge on any atom is -0.395 e. The van der Waals surface area contributed by atoms with Crippen molar-refractivity contribution in [1.29, 1.82) is 0 Å². The molecule has 0 aliphatic rings. The van der Waals surface area contributed by atoms with Crippen LogP contribution in [0.4, 0.5) is 0 Å². The zero-order valence-corrected chi connectivity index (χ0v) is 10.7. The Balaban J connectivity index is 3.67. The summed E-state index contributed by atoms with van der Waals surface area (Å²) in [5.41, 5.74) is 0. The van der Waals surface area contributed by atoms with Gasteiger partial charge in [0.25, 0.3) is 0 Å². The van der Waals surface area contributed by atoms with Crippen molar-refractivity contribution in [3.05, 3.63) is 0 Å². The van der Waals surface area contributed by atoms with Crippen molar-refractivity contribution in [1.82, 2.24) is 4.72 Å². The molecule has 1 atom stereocenters. The van der Waals surface area contributed by atoms with Crippen molar-refractivity contribution in [2.75, 3.05) is 13.2 Å². The highest BCUT2D eigenvalue weighted by Gasteiger charge is 2.18. The lowest BCUT2D eigenvalue weighted by Gasteiger charge is -2.11. The van der Waals surface area contributed by atoms with Gasteiger partial charge in [-0.3, -0.25) is 0 Å². The molecule has 1 unspecified atom stereocenters. The minimum atomic E-state index is -3.31. The van der Waals surface area contributed by atoms with Crippen molar-refractivity contribution >= 4 is 10.0 Å². The van der Waals surface area contributed by atoms with E-state index in [1.165, 1.54) is 6.92 Å². The predicted octanol–water partition coefficient (Wildman–Crippen LogP) is 1.11. The summed E-state index contributed by atoms with van der Waals surface area (Å²) >= 11 is 0. The van der Waals surface area contributed by atoms with Crippen LogP contribution in [0.2, 0.25) is 0 Å². The van der Waals surface area contributed by atoms with E-state index in [-0.39, 0.29) is 6.61 Å². The van der Waals surface area contributed by atoms with Crippen LogP contribution in [-0.4, -0.2) is 31.9 Å². The fourth-order valence-electron chi connectivity index (χ4n) is 1.13. The van der Waals surface area contributed by atoms with Gasteiger partial charge in [-0.25, -0.2) is 13.1 Å². The van der Waals surface area contributed by atoms with Crippen LogP contribution in [0.15, 0.2) is 0 Å². The maximum Gasteiger partial charge on any atom is 0.216 e. The number of nitrogens with one attached hydrogen (secondary N) is 1. The molecule has 0 spiro atoms. The molecule has 0 aliphatic carbocycles. The third kappa shape index (κ3) is 6.87. The van der Waals surface area contributed by atoms with Crippen molar-refractivity contribution in [2.24, 2.45) is 5.92 Å². The Bertz CT molecular complexity index is 249. The quantitative estimate of drug-likeness (QED) is 0.622. The van der Waals surface area contributed by atoms with E-state index in [9.17, 15) is 8.42 Å². The lowest BCUT2D eigenvalue weighted by Crippen LogP contribution is -2.35. The fraction of sp³-hybridized carbons (Fsp3) is 1.00. The lowest BCUT2D eigenvalue weighted by molar-refractivity contribution is 0.294. The Kier molecular flexibility index (Phi) is 7.13. The number of sulfonamides is 1. The van der Waals surface area contributed by atoms with Crippen LogP contribution in [0.5, 0.6) is 0 Å². The molecule has 2 N–H and O–H groups in total. The van der Waals surface area contributed by atoms with Crippen LogP contribution in [0.25, 0.3) is 0 Å². The molecule has 0 aliphatic heterocycles. The molecule has 0 heterocycles. The molecule has 15 heavy (non-hydrogen) atoms. The highest BCUT2D eigenvalue weighted by molar-refractivity contribution is 7.90. The maximum atomic E-state index is 11.4. The van der Waals surface area contributed by atoms with Gasteiger partial charge in [-0.2, -0.15) is 0 Å². The minimum absolute atomic E-state index is 0.332. The van der Waals surface area contributed by atoms with Crippen LogP contribution in [0.3, 0.4) is 0 Å². The molecule has 92 valence electrons. The van der Waals surface area contributed by atoms with Gasteiger partial charge in [0, 0.05) is 6.54 Å². The van der Waals surface area contributed by atoms with Gasteiger partial charge in [-0.1, -0.05) is 26.7 Å². The summed E-state index contributed by atoms with van der Waals surface area (Å²) in [5, 5.41) is 8.01. The molecule has 0 aromatic carbocycles. The summed E-state index contributed by atoms with van der Waals surface area (Å²) in [4.78, 5) is 0. The summed E-state index contributed by atoms with van der Waals surface area (Å²) in [6, 6.07) is 0. The summed E-state index contributed by atoms with van der Waals surface area (Å²) in [6.45, 7) is 5.94. The number of hydrogen-bond donors (Lipinski definition) is 2. The largest absolute Gasteiger partial charge is 0.395 e. The number of hydrogen-bond acceptors (Lipinski definition) is 3. The second kappa shape index (κ2) is 7.19. The first-order valence-electron chi connectivity index (χ1n) is 5.49. The predicted molar refractivity (Wildman–Crippen MR) is 62.2 cm³/mol. The van der Waals surface area contributed by atoms with E-state index in [4.69, 9.17) is 5.11 Å². The Morgan fingerprint density at radius 1 is 1.20 bits per heavy atom. The third-order valence-electron chi connectivity index (χ3n) is 2.30. The second-order valence-electron chi connectivity index (χ2n) is 4.32. The highest BCUT2D eigenvalue weighted by Crippen LogP contribution is 2.05. The molecule has 5 heteroatoms. The van der Waals surface area contributed by atoms with E-state index in [1.807, 2.05) is 0 Å². The molecule has 4 nitrogen and oxygen atoms in total. The topological polar surface area (TPSA) is 66.4 Å². The van der Waals surface area contributed by atoms with Crippen molar-refractivity contribution in [2.45, 2.75) is 45.3 Å². The Hall–Kier alpha value is -0.130. The van der Waals surface area contributed by atoms with Crippen LogP contribution >= 0.6 is 0 Å². The summed E-state index contributed by atoms with van der Waals surface area (Å²) in [7, 11) is -3.31. The number of unbranched alkanes of at least 4 members (excludes halogenated alkanes) is 1. The first-order chi connectivity index (χ1) is 6.90. The van der Waals surface area contributed by atoms with E-state index in [0.717, 1.165) is 19.3 Å². The number of rotatable bonds is 8. The monoisotopic (exact) mass is 237 g/mol. The van der Waals surface area contributed by atoms with Crippen LogP contribution in [0.1, 0.15) is 40.0 Å². The van der Waals surface area contributed by atoms with Crippen molar-refractivity contribution < 1.29 is 13.5 Å². The average Bonchev–Trinajstić information content (AvgIpc) is 2.15. The molecule has 0 bridgehead atoms. The van der Waals surface area contributed by atoms with Crippen molar-refractivity contribution in [3.63, 3.8) is 0 Å². The van der Waals surface area contributed by atoms with Crippen LogP contribution < -0.4 is 4.72 Å². The zero-order chi connectivity index (χ0) is 11.9. The van der Waals surface area contributed by atoms with Gasteiger partial charge in [-0.05, 0) is 19.3 Å². The van der Waals surface area contributed by atoms with E-state index in [1.54, 1.807) is 0 Å². The maximum absolute atomic E-state index is 11.4. The zero-order valence-electron chi connectivity index (χ0n) is 9.86. The molecule has 0 aromatic heterocycles. The molecule has 0 amide bonds. The SMILES string of the molecule is CC(C)CCCCNS(=O)(=O)C(C)CO. The van der Waals surface area contributed by atoms with Crippen LogP contribution in [0, 0.1) is 5.92 Å². The lowest BCUT2D eigenvalue weighted by atomic mass is 10.1. The van der Waals surface area contributed by atoms with E-state index >= 15 is 0 Å². The van der Waals surface area contributed by atoms with Gasteiger partial charge in [-0.15, -0.1) is 0 Å². The van der Waals surface area contributed by atoms with Gasteiger partial charge in [0.15, 0.2) is 0 Å². The highest BCUT2D eigenvalue weighted by atomic mass is 32.2. The molecule has 0 saturated heterocycles. The standard InChI is InChI=1S/C10H23NO3S/c1-9(2)6-4-5-7-11-15(13,14)10(3)8-12/h9-12H,4-8H2,1-3H3. The van der Waals surface area contributed by atoms with Gasteiger partial charge < -0.3 is 5.11 Å². The summed E-state index contributed by atoms with van der Waals surface area (Å²) in [6.07, 6.45) is 3.01. The van der Waals surface area contributed by atoms with Gasteiger partial charge in [0.2, 0.25) is 10.0 Å². The smallest absolute Gasteiger partial charge is 0.216 e. The summed E-state index contributed by atoms with van der Waals surface area (Å²) in [5.74, 6) is 0.665.